The van der Waals surface area contributed by atoms with Crippen molar-refractivity contribution in [1.82, 2.24) is 0 Å². The Bertz CT molecular complexity index is 198. The zero-order valence-electron chi connectivity index (χ0n) is 10.3. The third kappa shape index (κ3) is 5.38. The predicted octanol–water partition coefficient (Wildman–Crippen LogP) is 3.37. The van der Waals surface area contributed by atoms with E-state index >= 15 is 0 Å². The molecule has 1 aliphatic rings. The van der Waals surface area contributed by atoms with Gasteiger partial charge in [0.25, 0.3) is 0 Å². The second kappa shape index (κ2) is 7.07. The Kier molecular flexibility index (Phi) is 6.02. The lowest BCUT2D eigenvalue weighted by atomic mass is 9.89. The first-order chi connectivity index (χ1) is 7.22. The highest BCUT2D eigenvalue weighted by atomic mass is 28.3. The van der Waals surface area contributed by atoms with E-state index in [1.807, 2.05) is 6.92 Å². The van der Waals surface area contributed by atoms with Crippen LogP contribution >= 0.6 is 0 Å². The van der Waals surface area contributed by atoms with Crippen LogP contribution in [0, 0.1) is 5.92 Å². The molecule has 0 aromatic heterocycles. The van der Waals surface area contributed by atoms with Crippen LogP contribution in [0.25, 0.3) is 0 Å². The zero-order chi connectivity index (χ0) is 11.1. The Morgan fingerprint density at radius 2 is 2.00 bits per heavy atom. The third-order valence-corrected chi connectivity index (χ3v) is 4.38. The van der Waals surface area contributed by atoms with Crippen molar-refractivity contribution >= 4 is 9.28 Å². The lowest BCUT2D eigenvalue weighted by Gasteiger charge is -2.20. The van der Waals surface area contributed by atoms with E-state index < -0.39 is 9.28 Å². The maximum atomic E-state index is 5.77. The lowest BCUT2D eigenvalue weighted by molar-refractivity contribution is 0.251. The predicted molar refractivity (Wildman–Crippen MR) is 66.1 cm³/mol. The van der Waals surface area contributed by atoms with Gasteiger partial charge in [-0.15, -0.1) is 0 Å². The summed E-state index contributed by atoms with van der Waals surface area (Å²) in [6.07, 6.45) is 9.16. The van der Waals surface area contributed by atoms with Gasteiger partial charge in [-0.05, 0) is 45.2 Å². The minimum absolute atomic E-state index is 0.751. The van der Waals surface area contributed by atoms with Gasteiger partial charge in [0.05, 0.1) is 5.76 Å². The molecule has 88 valence electrons. The molecule has 0 heterocycles. The molecule has 0 radical (unpaired) electrons. The van der Waals surface area contributed by atoms with E-state index in [0.717, 1.165) is 18.3 Å². The summed E-state index contributed by atoms with van der Waals surface area (Å²) in [6, 6.07) is 0. The molecule has 0 N–H and O–H groups in total. The maximum Gasteiger partial charge on any atom is 0.378 e. The Labute approximate surface area is 95.5 Å². The van der Waals surface area contributed by atoms with Gasteiger partial charge in [-0.3, -0.25) is 0 Å². The second-order valence-electron chi connectivity index (χ2n) is 4.32. The van der Waals surface area contributed by atoms with Crippen LogP contribution in [0.3, 0.4) is 0 Å². The fourth-order valence-electron chi connectivity index (χ4n) is 2.20. The van der Waals surface area contributed by atoms with Gasteiger partial charge in [0, 0.05) is 6.61 Å². The first kappa shape index (κ1) is 12.8. The molecule has 3 heteroatoms. The smallest absolute Gasteiger partial charge is 0.378 e. The quantitative estimate of drug-likeness (QED) is 0.530. The molecule has 0 aromatic rings. The van der Waals surface area contributed by atoms with Gasteiger partial charge in [-0.25, -0.2) is 0 Å². The van der Waals surface area contributed by atoms with E-state index in [-0.39, 0.29) is 0 Å². The Balaban J connectivity index is 2.30. The van der Waals surface area contributed by atoms with Crippen LogP contribution in [-0.2, 0) is 8.85 Å². The molecule has 1 rings (SSSR count). The number of hydrogen-bond donors (Lipinski definition) is 0. The standard InChI is InChI=1S/C12H24O2Si/c1-4-13-15(3)14-11(2)10-12-8-6-5-7-9-12/h10,12,15H,4-9H2,1-3H3. The minimum atomic E-state index is -1.40. The highest BCUT2D eigenvalue weighted by Gasteiger charge is 2.12. The summed E-state index contributed by atoms with van der Waals surface area (Å²) in [5.74, 6) is 1.83. The van der Waals surface area contributed by atoms with E-state index in [0.29, 0.717) is 0 Å². The van der Waals surface area contributed by atoms with Crippen LogP contribution in [0.1, 0.15) is 46.0 Å². The van der Waals surface area contributed by atoms with Crippen molar-refractivity contribution in [2.24, 2.45) is 5.92 Å². The van der Waals surface area contributed by atoms with E-state index in [1.54, 1.807) is 0 Å². The first-order valence-corrected chi connectivity index (χ1v) is 8.28. The molecular weight excluding hydrogens is 204 g/mol. The van der Waals surface area contributed by atoms with Crippen LogP contribution in [0.4, 0.5) is 0 Å². The molecule has 0 saturated heterocycles. The van der Waals surface area contributed by atoms with Crippen LogP contribution in [0.2, 0.25) is 6.55 Å². The molecule has 0 aromatic carbocycles. The summed E-state index contributed by atoms with van der Waals surface area (Å²) in [6.45, 7) is 6.94. The summed E-state index contributed by atoms with van der Waals surface area (Å²) in [5.41, 5.74) is 0. The van der Waals surface area contributed by atoms with Crippen molar-refractivity contribution in [3.63, 3.8) is 0 Å². The van der Waals surface area contributed by atoms with Crippen molar-refractivity contribution < 1.29 is 8.85 Å². The minimum Gasteiger partial charge on any atom is -0.527 e. The van der Waals surface area contributed by atoms with Crippen LogP contribution in [0.5, 0.6) is 0 Å². The van der Waals surface area contributed by atoms with E-state index in [9.17, 15) is 0 Å². The van der Waals surface area contributed by atoms with Gasteiger partial charge in [-0.1, -0.05) is 19.3 Å². The van der Waals surface area contributed by atoms with Gasteiger partial charge in [0.15, 0.2) is 0 Å². The molecule has 0 amide bonds. The zero-order valence-corrected chi connectivity index (χ0v) is 11.4. The maximum absolute atomic E-state index is 5.77. The fraction of sp³-hybridized carbons (Fsp3) is 0.833. The monoisotopic (exact) mass is 228 g/mol. The molecule has 0 bridgehead atoms. The number of hydrogen-bond acceptors (Lipinski definition) is 2. The number of allylic oxidation sites excluding steroid dienone is 2. The van der Waals surface area contributed by atoms with Crippen molar-refractivity contribution in [2.75, 3.05) is 6.61 Å². The SMILES string of the molecule is CCO[SiH](C)OC(C)=CC1CCCCC1. The summed E-state index contributed by atoms with van der Waals surface area (Å²) in [4.78, 5) is 0. The van der Waals surface area contributed by atoms with Crippen molar-refractivity contribution in [3.05, 3.63) is 11.8 Å². The van der Waals surface area contributed by atoms with Crippen molar-refractivity contribution in [2.45, 2.75) is 52.5 Å². The molecule has 1 fully saturated rings. The molecule has 1 unspecified atom stereocenters. The molecule has 1 saturated carbocycles. The van der Waals surface area contributed by atoms with Crippen LogP contribution < -0.4 is 0 Å². The van der Waals surface area contributed by atoms with Gasteiger partial charge < -0.3 is 8.85 Å². The normalized spacial score (nSPS) is 21.4. The van der Waals surface area contributed by atoms with E-state index in [2.05, 4.69) is 19.5 Å². The van der Waals surface area contributed by atoms with Gasteiger partial charge in [-0.2, -0.15) is 0 Å². The molecular formula is C12H24O2Si. The van der Waals surface area contributed by atoms with Gasteiger partial charge >= 0.3 is 9.28 Å². The average Bonchev–Trinajstić information content (AvgIpc) is 2.19. The molecule has 2 nitrogen and oxygen atoms in total. The Morgan fingerprint density at radius 3 is 2.60 bits per heavy atom. The van der Waals surface area contributed by atoms with E-state index in [4.69, 9.17) is 8.85 Å². The van der Waals surface area contributed by atoms with E-state index in [1.165, 1.54) is 32.1 Å². The van der Waals surface area contributed by atoms with Crippen molar-refractivity contribution in [3.8, 4) is 0 Å². The molecule has 1 atom stereocenters. The first-order valence-electron chi connectivity index (χ1n) is 6.19. The fourth-order valence-corrected chi connectivity index (χ4v) is 3.34. The van der Waals surface area contributed by atoms with Gasteiger partial charge in [0.2, 0.25) is 0 Å². The Morgan fingerprint density at radius 1 is 1.33 bits per heavy atom. The van der Waals surface area contributed by atoms with Crippen molar-refractivity contribution in [1.29, 1.82) is 0 Å². The lowest BCUT2D eigenvalue weighted by Crippen LogP contribution is -2.18. The Hall–Kier alpha value is -0.283. The highest BCUT2D eigenvalue weighted by molar-refractivity contribution is 6.42. The molecule has 1 aliphatic carbocycles. The summed E-state index contributed by atoms with van der Waals surface area (Å²) >= 11 is 0. The highest BCUT2D eigenvalue weighted by Crippen LogP contribution is 2.25. The third-order valence-electron chi connectivity index (χ3n) is 2.87. The van der Waals surface area contributed by atoms with Crippen LogP contribution in [0.15, 0.2) is 11.8 Å². The summed E-state index contributed by atoms with van der Waals surface area (Å²) in [7, 11) is -1.40. The largest absolute Gasteiger partial charge is 0.527 e. The summed E-state index contributed by atoms with van der Waals surface area (Å²) < 4.78 is 11.2. The average molecular weight is 228 g/mol. The topological polar surface area (TPSA) is 18.5 Å². The molecule has 0 aliphatic heterocycles. The second-order valence-corrected chi connectivity index (χ2v) is 6.02. The molecule has 15 heavy (non-hydrogen) atoms. The number of rotatable bonds is 5. The summed E-state index contributed by atoms with van der Waals surface area (Å²) in [5, 5.41) is 0. The molecule has 0 spiro atoms. The van der Waals surface area contributed by atoms with Crippen LogP contribution in [-0.4, -0.2) is 15.9 Å². The van der Waals surface area contributed by atoms with Gasteiger partial charge in [0.1, 0.15) is 0 Å².